The molecule has 1 unspecified atom stereocenters. The van der Waals surface area contributed by atoms with E-state index in [4.69, 9.17) is 13.9 Å². The highest BCUT2D eigenvalue weighted by Gasteiger charge is 2.48. The molecule has 0 radical (unpaired) electrons. The van der Waals surface area contributed by atoms with E-state index in [0.717, 1.165) is 11.1 Å². The number of benzene rings is 2. The van der Waals surface area contributed by atoms with E-state index in [9.17, 15) is 14.7 Å². The van der Waals surface area contributed by atoms with Crippen LogP contribution >= 0.6 is 0 Å². The summed E-state index contributed by atoms with van der Waals surface area (Å²) >= 11 is 0. The van der Waals surface area contributed by atoms with Crippen molar-refractivity contribution in [2.75, 3.05) is 11.7 Å². The van der Waals surface area contributed by atoms with Crippen molar-refractivity contribution >= 4 is 23.1 Å². The largest absolute Gasteiger partial charge is 0.507 e. The quantitative estimate of drug-likeness (QED) is 0.305. The number of amides is 1. The number of ketones is 1. The van der Waals surface area contributed by atoms with Crippen LogP contribution in [0.5, 0.6) is 11.5 Å². The Morgan fingerprint density at radius 1 is 0.971 bits per heavy atom. The molecule has 2 aliphatic rings. The molecule has 2 aliphatic heterocycles. The van der Waals surface area contributed by atoms with Crippen LogP contribution in [0, 0.1) is 13.8 Å². The summed E-state index contributed by atoms with van der Waals surface area (Å²) in [6.07, 6.45) is 0. The van der Waals surface area contributed by atoms with Gasteiger partial charge in [0, 0.05) is 17.3 Å². The van der Waals surface area contributed by atoms with E-state index in [1.165, 1.54) is 4.90 Å². The summed E-state index contributed by atoms with van der Waals surface area (Å²) in [7, 11) is 0. The number of Topliss-reactive ketones (excluding diaryl/α,β-unsaturated/α-hetero) is 1. The van der Waals surface area contributed by atoms with Gasteiger partial charge < -0.3 is 19.0 Å². The van der Waals surface area contributed by atoms with Crippen LogP contribution in [0.4, 0.5) is 5.69 Å². The molecule has 1 saturated heterocycles. The van der Waals surface area contributed by atoms with Gasteiger partial charge in [0.25, 0.3) is 11.7 Å². The highest BCUT2D eigenvalue weighted by atomic mass is 16.7. The van der Waals surface area contributed by atoms with Gasteiger partial charge in [0.15, 0.2) is 11.5 Å². The topological polar surface area (TPSA) is 89.2 Å². The number of hydrogen-bond acceptors (Lipinski definition) is 6. The van der Waals surface area contributed by atoms with Gasteiger partial charge >= 0.3 is 0 Å². The first-order valence-electron chi connectivity index (χ1n) is 11.4. The van der Waals surface area contributed by atoms with E-state index in [2.05, 4.69) is 20.8 Å². The summed E-state index contributed by atoms with van der Waals surface area (Å²) in [5, 5.41) is 11.5. The van der Waals surface area contributed by atoms with Crippen LogP contribution in [0.15, 0.2) is 58.5 Å². The van der Waals surface area contributed by atoms with Crippen molar-refractivity contribution in [2.45, 2.75) is 46.1 Å². The van der Waals surface area contributed by atoms with Crippen molar-refractivity contribution in [2.24, 2.45) is 0 Å². The lowest BCUT2D eigenvalue weighted by molar-refractivity contribution is -0.132. The fraction of sp³-hybridized carbons (Fsp3) is 0.286. The number of furan rings is 1. The SMILES string of the molecule is Cc1ccc(C2/C(=C(\O)c3cc(C(C)(C)C)ccc3C)C(=O)C(=O)N2c2ccc3c(c2)OCO3)o1. The number of anilines is 1. The zero-order valence-corrected chi connectivity index (χ0v) is 20.3. The predicted molar refractivity (Wildman–Crippen MR) is 131 cm³/mol. The van der Waals surface area contributed by atoms with Crippen LogP contribution in [-0.2, 0) is 15.0 Å². The molecule has 7 heteroatoms. The van der Waals surface area contributed by atoms with Gasteiger partial charge in [-0.15, -0.1) is 0 Å². The average Bonchev–Trinajstić information content (AvgIpc) is 3.51. The highest BCUT2D eigenvalue weighted by Crippen LogP contribution is 2.45. The van der Waals surface area contributed by atoms with Gasteiger partial charge in [0.2, 0.25) is 6.79 Å². The standard InChI is InChI=1S/C28H27NO6/c1-15-6-8-17(28(3,4)5)12-19(15)25(30)23-24(21-10-7-16(2)35-21)29(27(32)26(23)31)18-9-11-20-22(13-18)34-14-33-20/h6-13,24,30H,14H2,1-5H3/b25-23+. The van der Waals surface area contributed by atoms with Crippen molar-refractivity contribution in [3.8, 4) is 11.5 Å². The van der Waals surface area contributed by atoms with Gasteiger partial charge in [0.1, 0.15) is 23.3 Å². The summed E-state index contributed by atoms with van der Waals surface area (Å²) in [4.78, 5) is 28.1. The van der Waals surface area contributed by atoms with Crippen LogP contribution in [0.3, 0.4) is 0 Å². The minimum atomic E-state index is -0.943. The molecule has 1 atom stereocenters. The van der Waals surface area contributed by atoms with E-state index in [0.29, 0.717) is 34.3 Å². The lowest BCUT2D eigenvalue weighted by Gasteiger charge is -2.24. The summed E-state index contributed by atoms with van der Waals surface area (Å²) in [5.41, 5.74) is 2.55. The van der Waals surface area contributed by atoms with Crippen LogP contribution in [0.2, 0.25) is 0 Å². The van der Waals surface area contributed by atoms with E-state index < -0.39 is 17.7 Å². The second kappa shape index (κ2) is 8.05. The number of hydrogen-bond donors (Lipinski definition) is 1. The minimum absolute atomic E-state index is 0.0174. The molecule has 1 N–H and O–H groups in total. The van der Waals surface area contributed by atoms with E-state index in [1.807, 2.05) is 25.1 Å². The van der Waals surface area contributed by atoms with Crippen molar-refractivity contribution in [1.29, 1.82) is 0 Å². The molecule has 1 fully saturated rings. The number of rotatable bonds is 3. The molecule has 7 nitrogen and oxygen atoms in total. The fourth-order valence-corrected chi connectivity index (χ4v) is 4.49. The van der Waals surface area contributed by atoms with Gasteiger partial charge in [-0.05, 0) is 60.7 Å². The zero-order valence-electron chi connectivity index (χ0n) is 20.3. The first-order valence-corrected chi connectivity index (χ1v) is 11.4. The normalized spacial score (nSPS) is 19.0. The summed E-state index contributed by atoms with van der Waals surface area (Å²) in [6, 6.07) is 13.4. The van der Waals surface area contributed by atoms with Crippen molar-refractivity contribution in [1.82, 2.24) is 0 Å². The Morgan fingerprint density at radius 2 is 1.71 bits per heavy atom. The van der Waals surface area contributed by atoms with E-state index in [-0.39, 0.29) is 23.5 Å². The molecule has 5 rings (SSSR count). The van der Waals surface area contributed by atoms with Crippen LogP contribution in [0.25, 0.3) is 5.76 Å². The maximum absolute atomic E-state index is 13.4. The molecule has 1 amide bonds. The monoisotopic (exact) mass is 473 g/mol. The molecular weight excluding hydrogens is 446 g/mol. The second-order valence-corrected chi connectivity index (χ2v) is 9.93. The maximum atomic E-state index is 13.4. The van der Waals surface area contributed by atoms with Gasteiger partial charge in [-0.2, -0.15) is 0 Å². The lowest BCUT2D eigenvalue weighted by Crippen LogP contribution is -2.29. The number of ether oxygens (including phenoxy) is 2. The number of aliphatic hydroxyl groups excluding tert-OH is 1. The maximum Gasteiger partial charge on any atom is 0.300 e. The molecule has 1 aromatic heterocycles. The molecule has 0 spiro atoms. The van der Waals surface area contributed by atoms with E-state index in [1.54, 1.807) is 37.3 Å². The number of carbonyl (C=O) groups excluding carboxylic acids is 2. The van der Waals surface area contributed by atoms with Crippen molar-refractivity contribution in [3.05, 3.63) is 82.3 Å². The Kier molecular flexibility index (Phi) is 5.24. The molecule has 0 aliphatic carbocycles. The number of fused-ring (bicyclic) bond motifs is 1. The number of aliphatic hydroxyl groups is 1. The summed E-state index contributed by atoms with van der Waals surface area (Å²) < 4.78 is 16.8. The molecular formula is C28H27NO6. The first kappa shape index (κ1) is 22.8. The average molecular weight is 474 g/mol. The molecule has 0 saturated carbocycles. The molecule has 3 aromatic rings. The van der Waals surface area contributed by atoms with Crippen LogP contribution < -0.4 is 14.4 Å². The molecule has 180 valence electrons. The third kappa shape index (κ3) is 3.77. The summed E-state index contributed by atoms with van der Waals surface area (Å²) in [5.74, 6) is 0.286. The van der Waals surface area contributed by atoms with Crippen molar-refractivity contribution < 1.29 is 28.6 Å². The molecule has 2 aromatic carbocycles. The van der Waals surface area contributed by atoms with Gasteiger partial charge in [-0.3, -0.25) is 14.5 Å². The first-order chi connectivity index (χ1) is 16.6. The Bertz CT molecular complexity index is 1390. The number of nitrogens with zero attached hydrogens (tertiary/aromatic N) is 1. The molecule has 0 bridgehead atoms. The Morgan fingerprint density at radius 3 is 2.40 bits per heavy atom. The number of aryl methyl sites for hydroxylation is 2. The zero-order chi connectivity index (χ0) is 25.1. The van der Waals surface area contributed by atoms with Crippen LogP contribution in [0.1, 0.15) is 55.0 Å². The Balaban J connectivity index is 1.72. The van der Waals surface area contributed by atoms with Crippen LogP contribution in [-0.4, -0.2) is 23.6 Å². The fourth-order valence-electron chi connectivity index (χ4n) is 4.49. The third-order valence-electron chi connectivity index (χ3n) is 6.47. The van der Waals surface area contributed by atoms with E-state index >= 15 is 0 Å². The Labute approximate surface area is 203 Å². The smallest absolute Gasteiger partial charge is 0.300 e. The van der Waals surface area contributed by atoms with Crippen molar-refractivity contribution in [3.63, 3.8) is 0 Å². The Hall–Kier alpha value is -4.00. The third-order valence-corrected chi connectivity index (χ3v) is 6.47. The highest BCUT2D eigenvalue weighted by molar-refractivity contribution is 6.51. The second-order valence-electron chi connectivity index (χ2n) is 9.93. The molecule has 3 heterocycles. The van der Waals surface area contributed by atoms with Gasteiger partial charge in [-0.1, -0.05) is 32.9 Å². The molecule has 35 heavy (non-hydrogen) atoms. The predicted octanol–water partition coefficient (Wildman–Crippen LogP) is 5.55. The number of carbonyl (C=O) groups is 2. The lowest BCUT2D eigenvalue weighted by atomic mass is 9.84. The summed E-state index contributed by atoms with van der Waals surface area (Å²) in [6.45, 7) is 9.96. The minimum Gasteiger partial charge on any atom is -0.507 e. The van der Waals surface area contributed by atoms with Gasteiger partial charge in [-0.25, -0.2) is 0 Å². The van der Waals surface area contributed by atoms with Gasteiger partial charge in [0.05, 0.1) is 5.57 Å².